The van der Waals surface area contributed by atoms with Crippen LogP contribution in [0.25, 0.3) is 0 Å². The lowest BCUT2D eigenvalue weighted by molar-refractivity contribution is 0.373. The molecule has 0 amide bonds. The van der Waals surface area contributed by atoms with E-state index in [0.29, 0.717) is 5.92 Å². The van der Waals surface area contributed by atoms with Crippen LogP contribution in [0, 0.1) is 0 Å². The minimum Gasteiger partial charge on any atom is -0.365 e. The summed E-state index contributed by atoms with van der Waals surface area (Å²) in [5, 5.41) is 3.50. The Labute approximate surface area is 123 Å². The summed E-state index contributed by atoms with van der Waals surface area (Å²) >= 11 is 0. The van der Waals surface area contributed by atoms with Crippen LogP contribution in [0.1, 0.15) is 57.4 Å². The minimum absolute atomic E-state index is 0.660. The number of rotatable bonds is 4. The lowest BCUT2D eigenvalue weighted by Gasteiger charge is -2.42. The lowest BCUT2D eigenvalue weighted by atomic mass is 9.92. The molecule has 1 aromatic carbocycles. The van der Waals surface area contributed by atoms with Gasteiger partial charge in [-0.15, -0.1) is 0 Å². The van der Waals surface area contributed by atoms with Crippen molar-refractivity contribution in [3.05, 3.63) is 29.8 Å². The molecule has 2 saturated heterocycles. The second-order valence-electron chi connectivity index (χ2n) is 6.62. The Morgan fingerprint density at radius 1 is 1.20 bits per heavy atom. The van der Waals surface area contributed by atoms with Gasteiger partial charge < -0.3 is 10.2 Å². The van der Waals surface area contributed by atoms with Crippen molar-refractivity contribution < 1.29 is 0 Å². The van der Waals surface area contributed by atoms with Gasteiger partial charge in [-0.25, -0.2) is 0 Å². The Morgan fingerprint density at radius 2 is 1.85 bits per heavy atom. The summed E-state index contributed by atoms with van der Waals surface area (Å²) in [6, 6.07) is 11.3. The van der Waals surface area contributed by atoms with E-state index in [2.05, 4.69) is 55.4 Å². The number of anilines is 1. The highest BCUT2D eigenvalue weighted by Gasteiger charge is 2.41. The fraction of sp³-hybridized carbons (Fsp3) is 0.667. The highest BCUT2D eigenvalue weighted by molar-refractivity contribution is 5.58. The van der Waals surface area contributed by atoms with Crippen LogP contribution >= 0.6 is 0 Å². The van der Waals surface area contributed by atoms with E-state index >= 15 is 0 Å². The number of fused-ring (bicyclic) bond motifs is 2. The number of hydrogen-bond donors (Lipinski definition) is 1. The summed E-state index contributed by atoms with van der Waals surface area (Å²) in [5.41, 5.74) is 3.07. The van der Waals surface area contributed by atoms with Crippen molar-refractivity contribution in [2.45, 2.75) is 70.0 Å². The Bertz CT molecular complexity index is 442. The molecule has 110 valence electrons. The van der Waals surface area contributed by atoms with Gasteiger partial charge in [0, 0.05) is 23.8 Å². The minimum atomic E-state index is 0.660. The van der Waals surface area contributed by atoms with Crippen molar-refractivity contribution in [1.29, 1.82) is 0 Å². The molecular formula is C18H28N2. The Morgan fingerprint density at radius 3 is 2.45 bits per heavy atom. The highest BCUT2D eigenvalue weighted by Crippen LogP contribution is 2.42. The predicted octanol–water partition coefficient (Wildman–Crippen LogP) is 3.92. The molecule has 2 aliphatic heterocycles. The van der Waals surface area contributed by atoms with Crippen LogP contribution < -0.4 is 10.2 Å². The largest absolute Gasteiger partial charge is 0.365 e. The monoisotopic (exact) mass is 272 g/mol. The summed E-state index contributed by atoms with van der Waals surface area (Å²) in [6.07, 6.45) is 6.58. The normalized spacial score (nSPS) is 30.6. The number of piperidine rings is 1. The second-order valence-corrected chi connectivity index (χ2v) is 6.62. The fourth-order valence-electron chi connectivity index (χ4n) is 4.17. The predicted molar refractivity (Wildman–Crippen MR) is 86.5 cm³/mol. The van der Waals surface area contributed by atoms with Gasteiger partial charge in [0.1, 0.15) is 0 Å². The molecule has 2 aliphatic rings. The van der Waals surface area contributed by atoms with Crippen molar-refractivity contribution in [3.8, 4) is 0 Å². The van der Waals surface area contributed by atoms with Gasteiger partial charge in [-0.2, -0.15) is 0 Å². The Balaban J connectivity index is 1.91. The van der Waals surface area contributed by atoms with Crippen molar-refractivity contribution in [1.82, 2.24) is 5.32 Å². The molecule has 0 aliphatic carbocycles. The number of benzene rings is 1. The van der Waals surface area contributed by atoms with Gasteiger partial charge in [0.25, 0.3) is 0 Å². The van der Waals surface area contributed by atoms with Crippen LogP contribution in [-0.2, 0) is 0 Å². The molecule has 3 rings (SSSR count). The number of hydrogen-bond acceptors (Lipinski definition) is 2. The third-order valence-corrected chi connectivity index (χ3v) is 5.50. The topological polar surface area (TPSA) is 15.3 Å². The zero-order valence-electron chi connectivity index (χ0n) is 13.1. The first-order valence-corrected chi connectivity index (χ1v) is 8.29. The molecule has 20 heavy (non-hydrogen) atoms. The van der Waals surface area contributed by atoms with Crippen LogP contribution in [0.5, 0.6) is 0 Å². The highest BCUT2D eigenvalue weighted by atomic mass is 15.2. The number of para-hydroxylation sites is 1. The van der Waals surface area contributed by atoms with Crippen molar-refractivity contribution in [2.75, 3.05) is 11.9 Å². The Hall–Kier alpha value is -1.02. The van der Waals surface area contributed by atoms with Gasteiger partial charge in [-0.3, -0.25) is 0 Å². The first kappa shape index (κ1) is 13.9. The summed E-state index contributed by atoms with van der Waals surface area (Å²) < 4.78 is 0. The molecule has 2 fully saturated rings. The van der Waals surface area contributed by atoms with Crippen molar-refractivity contribution in [2.24, 2.45) is 0 Å². The van der Waals surface area contributed by atoms with Gasteiger partial charge in [-0.05, 0) is 56.7 Å². The number of nitrogens with zero attached hydrogens (tertiary/aromatic N) is 1. The van der Waals surface area contributed by atoms with Gasteiger partial charge in [0.15, 0.2) is 0 Å². The van der Waals surface area contributed by atoms with Crippen LogP contribution in [0.4, 0.5) is 5.69 Å². The van der Waals surface area contributed by atoms with Gasteiger partial charge in [-0.1, -0.05) is 32.0 Å². The number of nitrogens with one attached hydrogen (secondary N) is 1. The van der Waals surface area contributed by atoms with Crippen LogP contribution in [-0.4, -0.2) is 25.2 Å². The van der Waals surface area contributed by atoms with Crippen LogP contribution in [0.15, 0.2) is 24.3 Å². The first-order valence-electron chi connectivity index (χ1n) is 8.29. The summed E-state index contributed by atoms with van der Waals surface area (Å²) in [7, 11) is 2.12. The van der Waals surface area contributed by atoms with Gasteiger partial charge >= 0.3 is 0 Å². The SMILES string of the molecule is CCC(C)c1ccccc1N1C2CCC1CC(NC)C2. The molecule has 2 nitrogen and oxygen atoms in total. The summed E-state index contributed by atoms with van der Waals surface area (Å²) in [5.74, 6) is 0.660. The zero-order valence-corrected chi connectivity index (χ0v) is 13.1. The van der Waals surface area contributed by atoms with E-state index < -0.39 is 0 Å². The molecule has 0 spiro atoms. The molecule has 2 heteroatoms. The second kappa shape index (κ2) is 5.77. The first-order chi connectivity index (χ1) is 9.74. The molecule has 2 bridgehead atoms. The van der Waals surface area contributed by atoms with E-state index in [9.17, 15) is 0 Å². The van der Waals surface area contributed by atoms with E-state index in [1.165, 1.54) is 37.8 Å². The van der Waals surface area contributed by atoms with E-state index in [-0.39, 0.29) is 0 Å². The fourth-order valence-corrected chi connectivity index (χ4v) is 4.17. The average Bonchev–Trinajstić information content (AvgIpc) is 2.76. The lowest BCUT2D eigenvalue weighted by Crippen LogP contribution is -2.48. The van der Waals surface area contributed by atoms with E-state index in [1.807, 2.05) is 0 Å². The molecule has 0 aromatic heterocycles. The third-order valence-electron chi connectivity index (χ3n) is 5.50. The Kier molecular flexibility index (Phi) is 4.02. The molecule has 1 aromatic rings. The summed E-state index contributed by atoms with van der Waals surface area (Å²) in [4.78, 5) is 2.76. The molecule has 1 N–H and O–H groups in total. The van der Waals surface area contributed by atoms with E-state index in [0.717, 1.165) is 18.1 Å². The average molecular weight is 272 g/mol. The van der Waals surface area contributed by atoms with Crippen molar-refractivity contribution in [3.63, 3.8) is 0 Å². The van der Waals surface area contributed by atoms with E-state index in [1.54, 1.807) is 5.56 Å². The van der Waals surface area contributed by atoms with Crippen molar-refractivity contribution >= 4 is 5.69 Å². The smallest absolute Gasteiger partial charge is 0.0406 e. The molecule has 3 unspecified atom stereocenters. The molecule has 2 heterocycles. The standard InChI is InChI=1S/C18H28N2/c1-4-13(2)17-7-5-6-8-18(17)20-15-9-10-16(20)12-14(11-15)19-3/h5-8,13-16,19H,4,9-12H2,1-3H3. The summed E-state index contributed by atoms with van der Waals surface area (Å²) in [6.45, 7) is 4.66. The zero-order chi connectivity index (χ0) is 14.1. The maximum Gasteiger partial charge on any atom is 0.0406 e. The maximum absolute atomic E-state index is 3.50. The molecule has 3 atom stereocenters. The molecule has 0 saturated carbocycles. The molecule has 0 radical (unpaired) electrons. The quantitative estimate of drug-likeness (QED) is 0.893. The van der Waals surface area contributed by atoms with E-state index in [4.69, 9.17) is 0 Å². The third kappa shape index (κ3) is 2.35. The maximum atomic E-state index is 3.50. The van der Waals surface area contributed by atoms with Crippen LogP contribution in [0.3, 0.4) is 0 Å². The van der Waals surface area contributed by atoms with Gasteiger partial charge in [0.2, 0.25) is 0 Å². The molecular weight excluding hydrogens is 244 g/mol. The van der Waals surface area contributed by atoms with Gasteiger partial charge in [0.05, 0.1) is 0 Å². The van der Waals surface area contributed by atoms with Crippen LogP contribution in [0.2, 0.25) is 0 Å².